The molecule has 2 rings (SSSR count). The molecule has 60 valence electrons. The van der Waals surface area contributed by atoms with Crippen LogP contribution in [0.4, 0.5) is 0 Å². The van der Waals surface area contributed by atoms with Gasteiger partial charge in [0.25, 0.3) is 0 Å². The third kappa shape index (κ3) is 3.73. The Bertz CT molecular complexity index is 143. The van der Waals surface area contributed by atoms with Crippen LogP contribution in [0, 0.1) is 0 Å². The lowest BCUT2D eigenvalue weighted by Gasteiger charge is -2.24. The van der Waals surface area contributed by atoms with E-state index in [9.17, 15) is 0 Å². The predicted octanol–water partition coefficient (Wildman–Crippen LogP) is 1.40. The molecule has 2 heterocycles. The first-order chi connectivity index (χ1) is 5.39. The molecule has 0 atom stereocenters. The van der Waals surface area contributed by atoms with Crippen LogP contribution in [0.1, 0.15) is 6.42 Å². The van der Waals surface area contributed by atoms with Gasteiger partial charge in [-0.3, -0.25) is 4.98 Å². The van der Waals surface area contributed by atoms with Crippen LogP contribution in [-0.2, 0) is 0 Å². The monoisotopic (exact) mass is 150 g/mol. The van der Waals surface area contributed by atoms with Crippen LogP contribution in [0.15, 0.2) is 30.6 Å². The molecule has 0 saturated carbocycles. The van der Waals surface area contributed by atoms with E-state index in [1.54, 1.807) is 12.4 Å². The lowest BCUT2D eigenvalue weighted by atomic mass is 10.3. The number of hydrogen-bond donors (Lipinski definition) is 0. The Morgan fingerprint density at radius 3 is 1.73 bits per heavy atom. The zero-order valence-electron chi connectivity index (χ0n) is 6.90. The molecule has 1 aliphatic heterocycles. The first-order valence-corrected chi connectivity index (χ1v) is 3.93. The summed E-state index contributed by atoms with van der Waals surface area (Å²) in [7, 11) is 2.14. The summed E-state index contributed by atoms with van der Waals surface area (Å²) in [6.07, 6.45) is 4.91. The van der Waals surface area contributed by atoms with Crippen molar-refractivity contribution in [1.29, 1.82) is 0 Å². The van der Waals surface area contributed by atoms with Gasteiger partial charge in [-0.1, -0.05) is 6.07 Å². The number of aromatic nitrogens is 1. The Labute approximate surface area is 67.9 Å². The highest BCUT2D eigenvalue weighted by molar-refractivity contribution is 4.88. The van der Waals surface area contributed by atoms with Crippen molar-refractivity contribution in [3.63, 3.8) is 0 Å². The Morgan fingerprint density at radius 1 is 1.09 bits per heavy atom. The Kier molecular flexibility index (Phi) is 3.62. The fourth-order valence-electron chi connectivity index (χ4n) is 0.787. The second kappa shape index (κ2) is 4.85. The van der Waals surface area contributed by atoms with Gasteiger partial charge in [-0.15, -0.1) is 0 Å². The van der Waals surface area contributed by atoms with E-state index in [0.717, 1.165) is 0 Å². The largest absolute Gasteiger partial charge is 0.306 e. The minimum Gasteiger partial charge on any atom is -0.306 e. The summed E-state index contributed by atoms with van der Waals surface area (Å²) in [6.45, 7) is 2.64. The Hall–Kier alpha value is -0.890. The maximum absolute atomic E-state index is 3.78. The molecule has 1 aliphatic rings. The summed E-state index contributed by atoms with van der Waals surface area (Å²) < 4.78 is 0. The molecular weight excluding hydrogens is 136 g/mol. The van der Waals surface area contributed by atoms with Crippen molar-refractivity contribution in [2.45, 2.75) is 6.42 Å². The van der Waals surface area contributed by atoms with Crippen LogP contribution in [0.2, 0.25) is 0 Å². The van der Waals surface area contributed by atoms with Crippen LogP contribution < -0.4 is 0 Å². The predicted molar refractivity (Wildman–Crippen MR) is 46.4 cm³/mol. The van der Waals surface area contributed by atoms with Gasteiger partial charge in [0.15, 0.2) is 0 Å². The first-order valence-electron chi connectivity index (χ1n) is 3.93. The quantitative estimate of drug-likeness (QED) is 0.556. The Balaban J connectivity index is 0.000000112. The smallest absolute Gasteiger partial charge is 0.0267 e. The van der Waals surface area contributed by atoms with Crippen molar-refractivity contribution in [3.8, 4) is 0 Å². The summed E-state index contributed by atoms with van der Waals surface area (Å²) in [5.74, 6) is 0. The first kappa shape index (κ1) is 8.21. The molecule has 2 nitrogen and oxygen atoms in total. The lowest BCUT2D eigenvalue weighted by molar-refractivity contribution is 0.229. The van der Waals surface area contributed by atoms with Crippen molar-refractivity contribution in [1.82, 2.24) is 9.88 Å². The van der Waals surface area contributed by atoms with E-state index in [2.05, 4.69) is 16.9 Å². The molecule has 1 aromatic rings. The molecule has 0 N–H and O–H groups in total. The van der Waals surface area contributed by atoms with E-state index in [1.165, 1.54) is 19.5 Å². The number of pyridine rings is 1. The molecule has 0 spiro atoms. The van der Waals surface area contributed by atoms with Crippen molar-refractivity contribution in [3.05, 3.63) is 30.6 Å². The van der Waals surface area contributed by atoms with Gasteiger partial charge in [-0.25, -0.2) is 0 Å². The van der Waals surface area contributed by atoms with E-state index < -0.39 is 0 Å². The molecular formula is C9H14N2. The fourth-order valence-corrected chi connectivity index (χ4v) is 0.787. The number of rotatable bonds is 0. The van der Waals surface area contributed by atoms with Crippen molar-refractivity contribution < 1.29 is 0 Å². The average Bonchev–Trinajstić information content (AvgIpc) is 2.05. The SMILES string of the molecule is CN1CCC1.c1ccncc1. The van der Waals surface area contributed by atoms with Gasteiger partial charge in [0.2, 0.25) is 0 Å². The topological polar surface area (TPSA) is 16.1 Å². The molecule has 0 amide bonds. The molecule has 0 bridgehead atoms. The lowest BCUT2D eigenvalue weighted by Crippen LogP contribution is -2.32. The van der Waals surface area contributed by atoms with Crippen LogP contribution >= 0.6 is 0 Å². The molecule has 1 saturated heterocycles. The summed E-state index contributed by atoms with van der Waals surface area (Å²) in [5.41, 5.74) is 0. The van der Waals surface area contributed by atoms with Gasteiger partial charge < -0.3 is 4.90 Å². The zero-order valence-corrected chi connectivity index (χ0v) is 6.90. The van der Waals surface area contributed by atoms with Gasteiger partial charge >= 0.3 is 0 Å². The zero-order chi connectivity index (χ0) is 7.94. The third-order valence-electron chi connectivity index (χ3n) is 1.65. The highest BCUT2D eigenvalue weighted by Crippen LogP contribution is 1.98. The third-order valence-corrected chi connectivity index (χ3v) is 1.65. The molecule has 0 aliphatic carbocycles. The van der Waals surface area contributed by atoms with Gasteiger partial charge in [0.05, 0.1) is 0 Å². The summed E-state index contributed by atoms with van der Waals surface area (Å²) in [5, 5.41) is 0. The van der Waals surface area contributed by atoms with Crippen LogP contribution in [0.25, 0.3) is 0 Å². The summed E-state index contributed by atoms with van der Waals surface area (Å²) in [6, 6.07) is 5.72. The van der Waals surface area contributed by atoms with E-state index in [4.69, 9.17) is 0 Å². The fraction of sp³-hybridized carbons (Fsp3) is 0.444. The number of likely N-dealkylation sites (tertiary alicyclic amines) is 1. The number of hydrogen-bond acceptors (Lipinski definition) is 2. The van der Waals surface area contributed by atoms with Crippen LogP contribution in [0.5, 0.6) is 0 Å². The van der Waals surface area contributed by atoms with E-state index >= 15 is 0 Å². The minimum atomic E-state index is 1.32. The standard InChI is InChI=1S/C5H5N.C4H9N/c1-2-4-6-5-3-1;1-5-3-2-4-5/h1-5H;2-4H2,1H3. The van der Waals surface area contributed by atoms with E-state index in [1.807, 2.05) is 18.2 Å². The van der Waals surface area contributed by atoms with Crippen molar-refractivity contribution >= 4 is 0 Å². The molecule has 0 radical (unpaired) electrons. The van der Waals surface area contributed by atoms with E-state index in [-0.39, 0.29) is 0 Å². The van der Waals surface area contributed by atoms with Crippen molar-refractivity contribution in [2.75, 3.05) is 20.1 Å². The van der Waals surface area contributed by atoms with Crippen molar-refractivity contribution in [2.24, 2.45) is 0 Å². The Morgan fingerprint density at radius 2 is 1.64 bits per heavy atom. The normalized spacial score (nSPS) is 16.1. The summed E-state index contributed by atoms with van der Waals surface area (Å²) >= 11 is 0. The van der Waals surface area contributed by atoms with Gasteiger partial charge in [0.1, 0.15) is 0 Å². The maximum Gasteiger partial charge on any atom is 0.0267 e. The van der Waals surface area contributed by atoms with Crippen LogP contribution in [-0.4, -0.2) is 30.0 Å². The molecule has 0 unspecified atom stereocenters. The van der Waals surface area contributed by atoms with Crippen LogP contribution in [0.3, 0.4) is 0 Å². The van der Waals surface area contributed by atoms with E-state index in [0.29, 0.717) is 0 Å². The summed E-state index contributed by atoms with van der Waals surface area (Å²) in [4.78, 5) is 6.09. The average molecular weight is 150 g/mol. The molecule has 11 heavy (non-hydrogen) atoms. The highest BCUT2D eigenvalue weighted by atomic mass is 15.1. The molecule has 2 heteroatoms. The maximum atomic E-state index is 3.78. The molecule has 1 aromatic heterocycles. The van der Waals surface area contributed by atoms with Gasteiger partial charge in [-0.2, -0.15) is 0 Å². The second-order valence-electron chi connectivity index (χ2n) is 2.68. The number of nitrogens with zero attached hydrogens (tertiary/aromatic N) is 2. The minimum absolute atomic E-state index is 1.32. The molecule has 0 aromatic carbocycles. The van der Waals surface area contributed by atoms with Gasteiger partial charge in [-0.05, 0) is 38.7 Å². The molecule has 1 fully saturated rings. The van der Waals surface area contributed by atoms with Gasteiger partial charge in [0, 0.05) is 12.4 Å². The highest BCUT2D eigenvalue weighted by Gasteiger charge is 2.04. The second-order valence-corrected chi connectivity index (χ2v) is 2.68.